The van der Waals surface area contributed by atoms with Crippen molar-refractivity contribution in [1.29, 1.82) is 0 Å². The Balaban J connectivity index is 3.11. The van der Waals surface area contributed by atoms with E-state index < -0.39 is 20.0 Å². The first-order valence-corrected chi connectivity index (χ1v) is 6.32. The van der Waals surface area contributed by atoms with E-state index in [2.05, 4.69) is 4.74 Å². The van der Waals surface area contributed by atoms with Crippen molar-refractivity contribution < 1.29 is 22.7 Å². The van der Waals surface area contributed by atoms with Crippen LogP contribution in [0.4, 0.5) is 13.2 Å². The van der Waals surface area contributed by atoms with Gasteiger partial charge in [-0.15, -0.1) is 0 Å². The number of carbonyl (C=O) groups excluding carboxylic acids is 1. The summed E-state index contributed by atoms with van der Waals surface area (Å²) in [4.78, 5) is 10.3. The first-order chi connectivity index (χ1) is 6.42. The molecule has 0 spiro atoms. The fourth-order valence-electron chi connectivity index (χ4n) is 0.785. The van der Waals surface area contributed by atoms with Crippen molar-refractivity contribution in [3.05, 3.63) is 0 Å². The van der Waals surface area contributed by atoms with E-state index in [1.807, 2.05) is 0 Å². The molecule has 0 fully saturated rings. The third kappa shape index (κ3) is 11.8. The average Bonchev–Trinajstić information content (AvgIpc) is 2.00. The molecule has 2 nitrogen and oxygen atoms in total. The van der Waals surface area contributed by atoms with Gasteiger partial charge in [-0.25, -0.2) is 0 Å². The van der Waals surface area contributed by atoms with Gasteiger partial charge in [0.05, 0.1) is 0 Å². The van der Waals surface area contributed by atoms with Crippen molar-refractivity contribution in [3.63, 3.8) is 0 Å². The van der Waals surface area contributed by atoms with Crippen molar-refractivity contribution in [1.82, 2.24) is 0 Å². The van der Waals surface area contributed by atoms with Crippen LogP contribution in [0.2, 0.25) is 5.32 Å². The summed E-state index contributed by atoms with van der Waals surface area (Å²) in [5.41, 5.74) is 0. The SMILES string of the molecule is CC(=O)OCCCCC[Se]C(F)(F)F. The molecule has 0 bridgehead atoms. The Hall–Kier alpha value is -0.221. The molecule has 0 heterocycles. The molecule has 0 unspecified atom stereocenters. The second-order valence-corrected chi connectivity index (χ2v) is 5.13. The Labute approximate surface area is 87.3 Å². The van der Waals surface area contributed by atoms with Gasteiger partial charge in [0.15, 0.2) is 0 Å². The maximum absolute atomic E-state index is 11.7. The number of ether oxygens (including phenoxy) is 1. The number of hydrogen-bond acceptors (Lipinski definition) is 2. The molecule has 0 rings (SSSR count). The Morgan fingerprint density at radius 1 is 1.29 bits per heavy atom. The van der Waals surface area contributed by atoms with Gasteiger partial charge in [0.1, 0.15) is 0 Å². The monoisotopic (exact) mass is 278 g/mol. The number of esters is 1. The number of halogens is 3. The molecule has 84 valence electrons. The van der Waals surface area contributed by atoms with Crippen LogP contribution in [0.1, 0.15) is 26.2 Å². The van der Waals surface area contributed by atoms with E-state index in [1.165, 1.54) is 6.92 Å². The van der Waals surface area contributed by atoms with Crippen LogP contribution >= 0.6 is 0 Å². The molecule has 0 N–H and O–H groups in total. The predicted octanol–water partition coefficient (Wildman–Crippen LogP) is 2.36. The van der Waals surface area contributed by atoms with Crippen molar-refractivity contribution in [3.8, 4) is 0 Å². The molecule has 0 aliphatic rings. The number of carbonyl (C=O) groups is 1. The molecule has 0 saturated carbocycles. The minimum atomic E-state index is -3.98. The normalized spacial score (nSPS) is 11.4. The summed E-state index contributed by atoms with van der Waals surface area (Å²) in [6.07, 6.45) is 1.89. The quantitative estimate of drug-likeness (QED) is 0.423. The zero-order valence-electron chi connectivity index (χ0n) is 7.89. The number of hydrogen-bond donors (Lipinski definition) is 0. The number of alkyl halides is 3. The summed E-state index contributed by atoms with van der Waals surface area (Å²) in [5, 5.41) is -3.76. The van der Waals surface area contributed by atoms with Crippen molar-refractivity contribution >= 4 is 20.9 Å². The van der Waals surface area contributed by atoms with E-state index in [4.69, 9.17) is 0 Å². The summed E-state index contributed by atoms with van der Waals surface area (Å²) in [6.45, 7) is 1.63. The summed E-state index contributed by atoms with van der Waals surface area (Å²) in [7, 11) is 0. The molecule has 0 aromatic carbocycles. The molecule has 0 atom stereocenters. The Morgan fingerprint density at radius 3 is 2.43 bits per heavy atom. The van der Waals surface area contributed by atoms with Crippen molar-refractivity contribution in [2.75, 3.05) is 6.61 Å². The van der Waals surface area contributed by atoms with Crippen molar-refractivity contribution in [2.24, 2.45) is 0 Å². The van der Waals surface area contributed by atoms with Crippen LogP contribution in [0, 0.1) is 0 Å². The maximum atomic E-state index is 11.7. The molecule has 0 aliphatic heterocycles. The molecule has 0 aromatic heterocycles. The van der Waals surface area contributed by atoms with Crippen LogP contribution in [-0.4, -0.2) is 32.6 Å². The molecular formula is C8H13F3O2Se. The van der Waals surface area contributed by atoms with Gasteiger partial charge in [0.25, 0.3) is 0 Å². The van der Waals surface area contributed by atoms with Gasteiger partial charge in [0.2, 0.25) is 0 Å². The summed E-state index contributed by atoms with van der Waals surface area (Å²) >= 11 is -1.26. The van der Waals surface area contributed by atoms with E-state index >= 15 is 0 Å². The molecule has 0 aromatic rings. The molecular weight excluding hydrogens is 264 g/mol. The molecule has 14 heavy (non-hydrogen) atoms. The molecule has 0 saturated heterocycles. The van der Waals surface area contributed by atoms with E-state index in [1.54, 1.807) is 0 Å². The summed E-state index contributed by atoms with van der Waals surface area (Å²) < 4.78 is 39.7. The number of unbranched alkanes of at least 4 members (excludes halogenated alkanes) is 2. The number of rotatable bonds is 6. The van der Waals surface area contributed by atoms with E-state index in [-0.39, 0.29) is 11.3 Å². The summed E-state index contributed by atoms with van der Waals surface area (Å²) in [5.74, 6) is -0.343. The van der Waals surface area contributed by atoms with Crippen molar-refractivity contribution in [2.45, 2.75) is 36.6 Å². The second kappa shape index (κ2) is 7.12. The Morgan fingerprint density at radius 2 is 1.93 bits per heavy atom. The summed E-state index contributed by atoms with van der Waals surface area (Å²) in [6, 6.07) is 0. The van der Waals surface area contributed by atoms with Gasteiger partial charge < -0.3 is 0 Å². The molecule has 0 amide bonds. The fourth-order valence-corrected chi connectivity index (χ4v) is 2.00. The average molecular weight is 277 g/mol. The van der Waals surface area contributed by atoms with Gasteiger partial charge in [-0.1, -0.05) is 0 Å². The van der Waals surface area contributed by atoms with Gasteiger partial charge in [-0.3, -0.25) is 0 Å². The van der Waals surface area contributed by atoms with Crippen LogP contribution in [0.25, 0.3) is 0 Å². The van der Waals surface area contributed by atoms with E-state index in [9.17, 15) is 18.0 Å². The van der Waals surface area contributed by atoms with Crippen LogP contribution in [0.15, 0.2) is 0 Å². The van der Waals surface area contributed by atoms with Crippen LogP contribution < -0.4 is 0 Å². The molecule has 0 radical (unpaired) electrons. The van der Waals surface area contributed by atoms with Gasteiger partial charge in [-0.2, -0.15) is 0 Å². The third-order valence-corrected chi connectivity index (χ3v) is 3.08. The first-order valence-electron chi connectivity index (χ1n) is 4.26. The van der Waals surface area contributed by atoms with E-state index in [0.29, 0.717) is 25.9 Å². The van der Waals surface area contributed by atoms with Gasteiger partial charge in [0, 0.05) is 0 Å². The zero-order chi connectivity index (χ0) is 11.0. The Bertz CT molecular complexity index is 170. The standard InChI is InChI=1S/C8H13F3O2Se/c1-7(12)13-5-3-2-4-6-14-8(9,10)11/h2-6H2,1H3. The topological polar surface area (TPSA) is 26.3 Å². The molecule has 0 aliphatic carbocycles. The molecule has 6 heteroatoms. The van der Waals surface area contributed by atoms with E-state index in [0.717, 1.165) is 0 Å². The van der Waals surface area contributed by atoms with Gasteiger partial charge >= 0.3 is 86.8 Å². The first kappa shape index (κ1) is 13.8. The Kier molecular flexibility index (Phi) is 7.01. The van der Waals surface area contributed by atoms with Crippen LogP contribution in [0.3, 0.4) is 0 Å². The van der Waals surface area contributed by atoms with Crippen LogP contribution in [0.5, 0.6) is 0 Å². The second-order valence-electron chi connectivity index (χ2n) is 2.69. The zero-order valence-corrected chi connectivity index (χ0v) is 9.61. The van der Waals surface area contributed by atoms with Crippen LogP contribution in [-0.2, 0) is 9.53 Å². The third-order valence-electron chi connectivity index (χ3n) is 1.36. The van der Waals surface area contributed by atoms with Gasteiger partial charge in [-0.05, 0) is 0 Å². The fraction of sp³-hybridized carbons (Fsp3) is 0.875. The predicted molar refractivity (Wildman–Crippen MR) is 47.1 cm³/mol. The minimum absolute atomic E-state index is 0.219.